The van der Waals surface area contributed by atoms with Crippen LogP contribution in [-0.4, -0.2) is 20.1 Å². The smallest absolute Gasteiger partial charge is 0.146 e. The van der Waals surface area contributed by atoms with E-state index in [1.807, 2.05) is 20.8 Å². The van der Waals surface area contributed by atoms with Crippen molar-refractivity contribution < 1.29 is 9.22 Å². The van der Waals surface area contributed by atoms with E-state index >= 15 is 0 Å². The molecule has 0 radical (unpaired) electrons. The minimum Gasteiger partial charge on any atom is -0.505 e. The van der Waals surface area contributed by atoms with Gasteiger partial charge in [-0.05, 0) is 42.1 Å². The van der Waals surface area contributed by atoms with E-state index in [4.69, 9.17) is 15.7 Å². The first-order valence-corrected chi connectivity index (χ1v) is 7.25. The topological polar surface area (TPSA) is 50.9 Å². The van der Waals surface area contributed by atoms with E-state index in [0.29, 0.717) is 21.6 Å². The summed E-state index contributed by atoms with van der Waals surface area (Å²) in [6.07, 6.45) is 0. The van der Waals surface area contributed by atoms with E-state index in [1.165, 1.54) is 16.9 Å². The number of phenolic OH excluding ortho intramolecular Hbond substituents is 1. The second-order valence-corrected chi connectivity index (χ2v) is 6.70. The summed E-state index contributed by atoms with van der Waals surface area (Å²) in [5.74, 6) is -0.0353. The molecule has 0 spiro atoms. The molecule has 4 nitrogen and oxygen atoms in total. The van der Waals surface area contributed by atoms with Crippen LogP contribution in [0.4, 0.5) is 0 Å². The van der Waals surface area contributed by atoms with Gasteiger partial charge < -0.3 is 5.11 Å². The van der Waals surface area contributed by atoms with Gasteiger partial charge in [-0.2, -0.15) is 0 Å². The highest BCUT2D eigenvalue weighted by Gasteiger charge is 2.22. The van der Waals surface area contributed by atoms with Crippen LogP contribution >= 0.6 is 11.6 Å². The molecule has 1 aromatic heterocycles. The van der Waals surface area contributed by atoms with E-state index in [0.717, 1.165) is 0 Å². The molecule has 0 aliphatic carbocycles. The Morgan fingerprint density at radius 1 is 1.14 bits per heavy atom. The summed E-state index contributed by atoms with van der Waals surface area (Å²) in [5.41, 5.74) is 1.59. The molecule has 114 valence electrons. The van der Waals surface area contributed by atoms with Crippen molar-refractivity contribution in [3.8, 4) is 11.4 Å². The van der Waals surface area contributed by atoms with Crippen LogP contribution in [0.3, 0.4) is 0 Å². The van der Waals surface area contributed by atoms with Crippen LogP contribution in [0.5, 0.6) is 5.75 Å². The largest absolute Gasteiger partial charge is 0.505 e. The highest BCUT2D eigenvalue weighted by atomic mass is 35.5. The number of halogens is 1. The lowest BCUT2D eigenvalue weighted by molar-refractivity contribution is 0.440. The normalized spacial score (nSPS) is 14.6. The predicted octanol–water partition coefficient (Wildman–Crippen LogP) is 4.39. The molecule has 0 saturated heterocycles. The van der Waals surface area contributed by atoms with Crippen LogP contribution in [0.2, 0.25) is 5.02 Å². The molecule has 0 saturated carbocycles. The quantitative estimate of drug-likeness (QED) is 0.724. The van der Waals surface area contributed by atoms with Gasteiger partial charge in [-0.25, -0.2) is 0 Å². The van der Waals surface area contributed by atoms with Crippen molar-refractivity contribution in [3.05, 3.63) is 46.5 Å². The average molecular weight is 319 g/mol. The molecule has 0 bridgehead atoms. The molecule has 5 heteroatoms. The lowest BCUT2D eigenvalue weighted by atomic mass is 9.85. The number of aromatic nitrogens is 3. The van der Waals surface area contributed by atoms with Crippen molar-refractivity contribution in [2.75, 3.05) is 0 Å². The molecule has 0 amide bonds. The zero-order chi connectivity index (χ0) is 18.6. The fourth-order valence-corrected chi connectivity index (χ4v) is 2.51. The van der Waals surface area contributed by atoms with Crippen molar-refractivity contribution in [1.82, 2.24) is 15.0 Å². The summed E-state index contributed by atoms with van der Waals surface area (Å²) in [4.78, 5) is 1.25. The summed E-state index contributed by atoms with van der Waals surface area (Å²) in [6.45, 7) is 3.41. The van der Waals surface area contributed by atoms with Gasteiger partial charge in [0.2, 0.25) is 0 Å². The Hall–Kier alpha value is -2.07. The molecule has 0 aliphatic heterocycles. The lowest BCUT2D eigenvalue weighted by Gasteiger charge is -2.22. The highest BCUT2D eigenvalue weighted by Crippen LogP contribution is 2.36. The van der Waals surface area contributed by atoms with Gasteiger partial charge in [0.15, 0.2) is 0 Å². The second kappa shape index (κ2) is 4.99. The highest BCUT2D eigenvalue weighted by molar-refractivity contribution is 6.31. The van der Waals surface area contributed by atoms with Gasteiger partial charge in [0, 0.05) is 14.7 Å². The third-order valence-electron chi connectivity index (χ3n) is 3.46. The predicted molar refractivity (Wildman–Crippen MR) is 89.0 cm³/mol. The molecule has 1 heterocycles. The van der Waals surface area contributed by atoms with Gasteiger partial charge >= 0.3 is 0 Å². The Bertz CT molecular complexity index is 958. The third kappa shape index (κ3) is 2.55. The van der Waals surface area contributed by atoms with Crippen LogP contribution in [-0.2, 0) is 5.41 Å². The zero-order valence-electron chi connectivity index (χ0n) is 15.6. The number of hydrogen-bond donors (Lipinski definition) is 1. The van der Waals surface area contributed by atoms with Crippen LogP contribution < -0.4 is 0 Å². The van der Waals surface area contributed by atoms with Crippen LogP contribution in [0, 0.1) is 6.85 Å². The van der Waals surface area contributed by atoms with E-state index in [9.17, 15) is 5.11 Å². The van der Waals surface area contributed by atoms with Gasteiger partial charge in [-0.15, -0.1) is 15.0 Å². The Morgan fingerprint density at radius 2 is 1.86 bits per heavy atom. The molecule has 3 aromatic rings. The minimum absolute atomic E-state index is 0.0353. The lowest BCUT2D eigenvalue weighted by Crippen LogP contribution is -2.13. The molecular weight excluding hydrogens is 298 g/mol. The van der Waals surface area contributed by atoms with Gasteiger partial charge in [0.1, 0.15) is 22.5 Å². The third-order valence-corrected chi connectivity index (χ3v) is 3.69. The van der Waals surface area contributed by atoms with Crippen molar-refractivity contribution in [3.63, 3.8) is 0 Å². The van der Waals surface area contributed by atoms with Crippen molar-refractivity contribution >= 4 is 22.6 Å². The maximum atomic E-state index is 10.7. The number of fused-ring (bicyclic) bond motifs is 1. The fraction of sp³-hybridized carbons (Fsp3) is 0.294. The second-order valence-electron chi connectivity index (χ2n) is 6.26. The summed E-state index contributed by atoms with van der Waals surface area (Å²) < 4.78 is 23.2. The van der Waals surface area contributed by atoms with Gasteiger partial charge in [-0.3, -0.25) is 0 Å². The molecule has 1 N–H and O–H groups in total. The van der Waals surface area contributed by atoms with Gasteiger partial charge in [-0.1, -0.05) is 38.4 Å². The fourth-order valence-electron chi connectivity index (χ4n) is 2.34. The molecule has 0 atom stereocenters. The first-order chi connectivity index (χ1) is 11.5. The van der Waals surface area contributed by atoms with Crippen molar-refractivity contribution in [2.45, 2.75) is 33.0 Å². The average Bonchev–Trinajstić information content (AvgIpc) is 2.87. The van der Waals surface area contributed by atoms with Gasteiger partial charge in [0.05, 0.1) is 0 Å². The molecule has 2 aromatic carbocycles. The standard InChI is InChI=1S/C17H18ClN3O/c1-10-7-12(17(2,3)4)16(22)15(8-10)21-19-13-6-5-11(18)9-14(13)20-21/h5-9,22H,1-4H3/i1D3. The van der Waals surface area contributed by atoms with Crippen LogP contribution in [0.15, 0.2) is 30.3 Å². The van der Waals surface area contributed by atoms with E-state index in [1.54, 1.807) is 18.2 Å². The Balaban J connectivity index is 2.29. The monoisotopic (exact) mass is 318 g/mol. The molecule has 0 unspecified atom stereocenters. The van der Waals surface area contributed by atoms with Crippen molar-refractivity contribution in [2.24, 2.45) is 0 Å². The number of hydrogen-bond acceptors (Lipinski definition) is 3. The van der Waals surface area contributed by atoms with E-state index < -0.39 is 12.3 Å². The molecular formula is C17H18ClN3O. The number of rotatable bonds is 1. The zero-order valence-corrected chi connectivity index (χ0v) is 13.3. The maximum absolute atomic E-state index is 10.7. The SMILES string of the molecule is [2H]C([2H])([2H])c1cc(-n2nc3ccc(Cl)cc3n2)c(O)c(C(C)(C)C)c1. The van der Waals surface area contributed by atoms with Crippen LogP contribution in [0.25, 0.3) is 16.7 Å². The van der Waals surface area contributed by atoms with E-state index in [2.05, 4.69) is 10.2 Å². The summed E-state index contributed by atoms with van der Waals surface area (Å²) >= 11 is 5.97. The number of phenols is 1. The molecule has 0 fully saturated rings. The molecule has 3 rings (SSSR count). The number of aromatic hydroxyl groups is 1. The van der Waals surface area contributed by atoms with Crippen LogP contribution in [0.1, 0.15) is 36.0 Å². The minimum atomic E-state index is -2.31. The number of nitrogens with zero attached hydrogens (tertiary/aromatic N) is 3. The molecule has 0 aliphatic rings. The Morgan fingerprint density at radius 3 is 2.55 bits per heavy atom. The van der Waals surface area contributed by atoms with Gasteiger partial charge in [0.25, 0.3) is 0 Å². The molecule has 22 heavy (non-hydrogen) atoms. The van der Waals surface area contributed by atoms with Crippen molar-refractivity contribution in [1.29, 1.82) is 0 Å². The Labute approximate surface area is 138 Å². The first kappa shape index (κ1) is 11.5. The Kier molecular flexibility index (Phi) is 2.61. The number of benzene rings is 2. The maximum Gasteiger partial charge on any atom is 0.146 e. The first-order valence-electron chi connectivity index (χ1n) is 8.38. The summed E-state index contributed by atoms with van der Waals surface area (Å²) in [5, 5.41) is 19.9. The van der Waals surface area contributed by atoms with E-state index in [-0.39, 0.29) is 17.0 Å². The number of aryl methyl sites for hydroxylation is 1. The summed E-state index contributed by atoms with van der Waals surface area (Å²) in [7, 11) is 0. The summed E-state index contributed by atoms with van der Waals surface area (Å²) in [6, 6.07) is 8.00.